The summed E-state index contributed by atoms with van der Waals surface area (Å²) in [5.41, 5.74) is 0. The summed E-state index contributed by atoms with van der Waals surface area (Å²) in [6, 6.07) is 0. The number of hydrogen-bond donors (Lipinski definition) is 5. The second-order valence-corrected chi connectivity index (χ2v) is 22.2. The van der Waals surface area contributed by atoms with Crippen molar-refractivity contribution in [3.63, 3.8) is 0 Å². The number of carbonyl (C=O) groups excluding carboxylic acids is 2. The Morgan fingerprint density at radius 1 is 0.351 bits per heavy atom. The van der Waals surface area contributed by atoms with Crippen molar-refractivity contribution in [3.8, 4) is 0 Å². The molecule has 0 aliphatic heterocycles. The molecule has 0 spiro atoms. The molecule has 0 amide bonds. The van der Waals surface area contributed by atoms with Gasteiger partial charge in [-0.05, 0) is 83.5 Å². The lowest BCUT2D eigenvalue weighted by Crippen LogP contribution is -2.25. The highest BCUT2D eigenvalue weighted by atomic mass is 31.2. The van der Waals surface area contributed by atoms with Crippen molar-refractivity contribution < 1.29 is 71.4 Å². The number of phosphoric acid groups is 2. The highest BCUT2D eigenvalue weighted by molar-refractivity contribution is 7.47. The molecule has 0 saturated heterocycles. The number of carbonyl (C=O) groups is 2. The molecule has 0 saturated carbocycles. The van der Waals surface area contributed by atoms with Gasteiger partial charge in [-0.2, -0.15) is 0 Å². The van der Waals surface area contributed by atoms with Gasteiger partial charge in [-0.25, -0.2) is 9.13 Å². The van der Waals surface area contributed by atoms with Gasteiger partial charge in [0.15, 0.2) is 0 Å². The van der Waals surface area contributed by atoms with Crippen LogP contribution in [0.1, 0.15) is 232 Å². The highest BCUT2D eigenvalue weighted by Gasteiger charge is 2.28. The maximum absolute atomic E-state index is 12.2. The molecule has 0 radical (unpaired) electrons. The number of phosphoric ester groups is 2. The highest BCUT2D eigenvalue weighted by Crippen LogP contribution is 2.45. The van der Waals surface area contributed by atoms with Crippen molar-refractivity contribution in [2.75, 3.05) is 39.6 Å². The summed E-state index contributed by atoms with van der Waals surface area (Å²) < 4.78 is 53.2. The van der Waals surface area contributed by atoms with Gasteiger partial charge in [-0.1, -0.05) is 197 Å². The molecule has 0 rings (SSSR count). The van der Waals surface area contributed by atoms with E-state index in [1.807, 2.05) is 0 Å². The molecule has 5 unspecified atom stereocenters. The van der Waals surface area contributed by atoms with Crippen LogP contribution in [0.2, 0.25) is 0 Å². The van der Waals surface area contributed by atoms with Crippen molar-refractivity contribution in [1.82, 2.24) is 0 Å². The van der Waals surface area contributed by atoms with Crippen LogP contribution in [0.15, 0.2) is 60.8 Å². The maximum atomic E-state index is 12.2. The van der Waals surface area contributed by atoms with Gasteiger partial charge in [-0.3, -0.25) is 27.7 Å². The fraction of sp³-hybridized carbons (Fsp3) is 0.789. The van der Waals surface area contributed by atoms with E-state index in [0.717, 1.165) is 77.0 Å². The number of ether oxygens (including phenoxy) is 2. The molecule has 432 valence electrons. The Kier molecular flexibility index (Phi) is 51.2. The predicted molar refractivity (Wildman–Crippen MR) is 297 cm³/mol. The van der Waals surface area contributed by atoms with Crippen LogP contribution in [0.25, 0.3) is 0 Å². The second-order valence-electron chi connectivity index (χ2n) is 19.3. The molecule has 15 nitrogen and oxygen atoms in total. The number of unbranched alkanes of at least 4 members (excludes halogenated alkanes) is 25. The summed E-state index contributed by atoms with van der Waals surface area (Å²) >= 11 is 0. The van der Waals surface area contributed by atoms with E-state index in [2.05, 4.69) is 83.7 Å². The minimum atomic E-state index is -4.79. The molecule has 0 aromatic rings. The van der Waals surface area contributed by atoms with E-state index >= 15 is 0 Å². The topological polar surface area (TPSA) is 225 Å². The summed E-state index contributed by atoms with van der Waals surface area (Å²) in [6.07, 6.45) is 54.8. The first-order valence-electron chi connectivity index (χ1n) is 28.6. The smallest absolute Gasteiger partial charge is 0.463 e. The Balaban J connectivity index is 3.82. The average molecular weight is 1090 g/mol. The number of aliphatic hydroxyl groups is 3. The molecule has 0 aliphatic carbocycles. The van der Waals surface area contributed by atoms with Crippen LogP contribution in [0.3, 0.4) is 0 Å². The van der Waals surface area contributed by atoms with E-state index < -0.39 is 85.5 Å². The van der Waals surface area contributed by atoms with Crippen LogP contribution >= 0.6 is 15.6 Å². The molecule has 0 bridgehead atoms. The SMILES string of the molecule is CCCCC/C=C\C/C=C\C/C=C\CCCCCCCCCCC(=O)OCC(O)COP(=O)(O)OCC(O)COP(=O)(O)OCC(O)COC(=O)CCCCCCCCCCCCC/C=C\C/C=C\CCCCC. The Morgan fingerprint density at radius 3 is 0.865 bits per heavy atom. The number of allylic oxidation sites excluding steroid dienone is 10. The van der Waals surface area contributed by atoms with Gasteiger partial charge in [0.1, 0.15) is 31.5 Å². The average Bonchev–Trinajstić information content (AvgIpc) is 3.38. The summed E-state index contributed by atoms with van der Waals surface area (Å²) in [5, 5.41) is 30.2. The molecule has 74 heavy (non-hydrogen) atoms. The van der Waals surface area contributed by atoms with Gasteiger partial charge < -0.3 is 34.6 Å². The zero-order valence-corrected chi connectivity index (χ0v) is 47.8. The van der Waals surface area contributed by atoms with Crippen LogP contribution in [-0.2, 0) is 46.3 Å². The van der Waals surface area contributed by atoms with Crippen molar-refractivity contribution in [3.05, 3.63) is 60.8 Å². The van der Waals surface area contributed by atoms with Gasteiger partial charge in [0.25, 0.3) is 0 Å². The lowest BCUT2D eigenvalue weighted by atomic mass is 10.0. The van der Waals surface area contributed by atoms with Gasteiger partial charge in [0.05, 0.1) is 26.4 Å². The fourth-order valence-corrected chi connectivity index (χ4v) is 9.08. The van der Waals surface area contributed by atoms with Crippen molar-refractivity contribution in [2.45, 2.75) is 250 Å². The molecule has 0 aliphatic rings. The molecule has 0 aromatic heterocycles. The van der Waals surface area contributed by atoms with E-state index in [1.54, 1.807) is 0 Å². The van der Waals surface area contributed by atoms with E-state index in [9.17, 15) is 43.8 Å². The van der Waals surface area contributed by atoms with Crippen LogP contribution in [-0.4, -0.2) is 95.0 Å². The molecule has 5 N–H and O–H groups in total. The van der Waals surface area contributed by atoms with E-state index in [4.69, 9.17) is 18.5 Å². The molecule has 17 heteroatoms. The molecule has 5 atom stereocenters. The third-order valence-electron chi connectivity index (χ3n) is 11.9. The zero-order chi connectivity index (χ0) is 54.5. The standard InChI is InChI=1S/C57H104O15P2/c1-3-5-7-9-11-13-15-17-19-21-23-25-27-29-31-33-35-37-39-41-43-45-56(61)67-47-53(58)49-69-73(63,64)71-51-55(60)52-72-74(65,66)70-50-54(59)48-68-57(62)46-44-42-40-38-36-34-32-30-28-26-24-22-20-18-16-14-12-10-8-6-4-2/h11-14,17-20,23,25,53-55,58-60H,3-10,15-16,21-22,24,26-52H2,1-2H3,(H,63,64)(H,65,66)/b13-11-,14-12-,19-17-,20-18-,25-23-. The van der Waals surface area contributed by atoms with Gasteiger partial charge in [0, 0.05) is 12.8 Å². The van der Waals surface area contributed by atoms with Crippen molar-refractivity contribution >= 4 is 27.6 Å². The molecule has 0 heterocycles. The Bertz CT molecular complexity index is 1550. The van der Waals surface area contributed by atoms with E-state index in [-0.39, 0.29) is 12.8 Å². The van der Waals surface area contributed by atoms with Crippen LogP contribution in [0.4, 0.5) is 0 Å². The second kappa shape index (κ2) is 52.8. The summed E-state index contributed by atoms with van der Waals surface area (Å²) in [5.74, 6) is -1.00. The van der Waals surface area contributed by atoms with Crippen LogP contribution < -0.4 is 0 Å². The first-order chi connectivity index (χ1) is 35.8. The molecule has 0 fully saturated rings. The maximum Gasteiger partial charge on any atom is 0.472 e. The normalized spacial score (nSPS) is 15.2. The molecular formula is C57H104O15P2. The van der Waals surface area contributed by atoms with E-state index in [1.165, 1.54) is 116 Å². The van der Waals surface area contributed by atoms with Crippen molar-refractivity contribution in [1.29, 1.82) is 0 Å². The van der Waals surface area contributed by atoms with Gasteiger partial charge in [0.2, 0.25) is 0 Å². The third-order valence-corrected chi connectivity index (χ3v) is 13.8. The monoisotopic (exact) mass is 1090 g/mol. The fourth-order valence-electron chi connectivity index (χ4n) is 7.49. The third kappa shape index (κ3) is 54.5. The molecule has 0 aromatic carbocycles. The quantitative estimate of drug-likeness (QED) is 0.0165. The number of aliphatic hydroxyl groups excluding tert-OH is 3. The van der Waals surface area contributed by atoms with Gasteiger partial charge in [-0.15, -0.1) is 0 Å². The van der Waals surface area contributed by atoms with E-state index in [0.29, 0.717) is 12.8 Å². The Labute approximate surface area is 448 Å². The number of rotatable bonds is 55. The lowest BCUT2D eigenvalue weighted by molar-refractivity contribution is -0.148. The minimum Gasteiger partial charge on any atom is -0.463 e. The summed E-state index contributed by atoms with van der Waals surface area (Å²) in [4.78, 5) is 44.0. The number of esters is 2. The first kappa shape index (κ1) is 71.7. The van der Waals surface area contributed by atoms with Crippen LogP contribution in [0, 0.1) is 0 Å². The predicted octanol–water partition coefficient (Wildman–Crippen LogP) is 14.5. The van der Waals surface area contributed by atoms with Gasteiger partial charge >= 0.3 is 27.6 Å². The largest absolute Gasteiger partial charge is 0.472 e. The first-order valence-corrected chi connectivity index (χ1v) is 31.6. The zero-order valence-electron chi connectivity index (χ0n) is 46.0. The molecular weight excluding hydrogens is 987 g/mol. The summed E-state index contributed by atoms with van der Waals surface area (Å²) in [6.45, 7) is 0.394. The van der Waals surface area contributed by atoms with Crippen LogP contribution in [0.5, 0.6) is 0 Å². The summed E-state index contributed by atoms with van der Waals surface area (Å²) in [7, 11) is -9.59. The number of hydrogen-bond acceptors (Lipinski definition) is 13. The lowest BCUT2D eigenvalue weighted by Gasteiger charge is -2.19. The Hall–Kier alpha value is -2.26. The van der Waals surface area contributed by atoms with Crippen molar-refractivity contribution in [2.24, 2.45) is 0 Å². The minimum absolute atomic E-state index is 0.187. The Morgan fingerprint density at radius 2 is 0.581 bits per heavy atom.